The van der Waals surface area contributed by atoms with Crippen molar-refractivity contribution in [2.75, 3.05) is 0 Å². The van der Waals surface area contributed by atoms with Crippen LogP contribution >= 0.6 is 0 Å². The van der Waals surface area contributed by atoms with Gasteiger partial charge in [-0.15, -0.1) is 0 Å². The first-order chi connectivity index (χ1) is 6.07. The minimum absolute atomic E-state index is 0.308. The lowest BCUT2D eigenvalue weighted by Crippen LogP contribution is -2.49. The molecule has 0 heterocycles. The second-order valence-electron chi connectivity index (χ2n) is 4.63. The number of hydrogen-bond donors (Lipinski definition) is 1. The van der Waals surface area contributed by atoms with E-state index >= 15 is 0 Å². The van der Waals surface area contributed by atoms with Crippen molar-refractivity contribution in [3.8, 4) is 0 Å². The van der Waals surface area contributed by atoms with Crippen LogP contribution in [-0.2, 0) is 0 Å². The number of fused-ring (bicyclic) bond motifs is 1. The van der Waals surface area contributed by atoms with E-state index < -0.39 is 0 Å². The highest BCUT2D eigenvalue weighted by Gasteiger charge is 2.52. The summed E-state index contributed by atoms with van der Waals surface area (Å²) in [6.07, 6.45) is 4.78. The molecule has 3 rings (SSSR count). The highest BCUT2D eigenvalue weighted by atomic mass is 16.4. The maximum absolute atomic E-state index is 8.51. The van der Waals surface area contributed by atoms with Gasteiger partial charge in [-0.1, -0.05) is 37.2 Å². The summed E-state index contributed by atoms with van der Waals surface area (Å²) in [5.41, 5.74) is 2.62. The Hall–Kier alpha value is -1.05. The van der Waals surface area contributed by atoms with E-state index in [-0.39, 0.29) is 0 Å². The highest BCUT2D eigenvalue weighted by Crippen LogP contribution is 2.60. The number of oxime groups is 1. The van der Waals surface area contributed by atoms with E-state index in [0.29, 0.717) is 17.3 Å². The van der Waals surface area contributed by atoms with Crippen LogP contribution in [0.3, 0.4) is 0 Å². The van der Waals surface area contributed by atoms with Crippen LogP contribution in [0.2, 0.25) is 0 Å². The van der Waals surface area contributed by atoms with Gasteiger partial charge in [-0.3, -0.25) is 0 Å². The van der Waals surface area contributed by atoms with Crippen LogP contribution in [0.1, 0.15) is 20.3 Å². The first kappa shape index (κ1) is 8.54. The summed E-state index contributed by atoms with van der Waals surface area (Å²) in [6, 6.07) is 0. The minimum atomic E-state index is 0.308. The van der Waals surface area contributed by atoms with Gasteiger partial charge in [-0.2, -0.15) is 0 Å². The van der Waals surface area contributed by atoms with Crippen LogP contribution in [0.15, 0.2) is 29.0 Å². The van der Waals surface area contributed by atoms with Crippen LogP contribution in [0.4, 0.5) is 0 Å². The van der Waals surface area contributed by atoms with Gasteiger partial charge in [-0.25, -0.2) is 0 Å². The molecule has 0 amide bonds. The summed E-state index contributed by atoms with van der Waals surface area (Å²) >= 11 is 0. The third kappa shape index (κ3) is 0.978. The van der Waals surface area contributed by atoms with Gasteiger partial charge in [0.1, 0.15) is 0 Å². The Morgan fingerprint density at radius 1 is 1.62 bits per heavy atom. The summed E-state index contributed by atoms with van der Waals surface area (Å²) in [5, 5.41) is 11.6. The van der Waals surface area contributed by atoms with E-state index in [1.165, 1.54) is 12.0 Å². The second-order valence-corrected chi connectivity index (χ2v) is 4.63. The zero-order valence-electron chi connectivity index (χ0n) is 8.12. The molecule has 1 saturated carbocycles. The highest BCUT2D eigenvalue weighted by molar-refractivity contribution is 5.81. The van der Waals surface area contributed by atoms with Crippen molar-refractivity contribution in [3.63, 3.8) is 0 Å². The normalized spacial score (nSPS) is 35.8. The molecular weight excluding hydrogens is 162 g/mol. The molecule has 3 aliphatic carbocycles. The molecule has 0 spiro atoms. The number of hydrogen-bond acceptors (Lipinski definition) is 2. The van der Waals surface area contributed by atoms with Crippen LogP contribution < -0.4 is 0 Å². The molecule has 2 atom stereocenters. The molecule has 3 aliphatic rings. The molecule has 0 radical (unpaired) electrons. The fourth-order valence-electron chi connectivity index (χ4n) is 2.73. The molecule has 0 aromatic heterocycles. The first-order valence-electron chi connectivity index (χ1n) is 4.65. The van der Waals surface area contributed by atoms with E-state index in [9.17, 15) is 0 Å². The molecule has 0 saturated heterocycles. The lowest BCUT2D eigenvalue weighted by molar-refractivity contribution is 0.0287. The van der Waals surface area contributed by atoms with Gasteiger partial charge in [0.15, 0.2) is 0 Å². The van der Waals surface area contributed by atoms with Crippen LogP contribution in [0.5, 0.6) is 0 Å². The Balaban J connectivity index is 2.36. The summed E-state index contributed by atoms with van der Waals surface area (Å²) in [4.78, 5) is 0. The maximum atomic E-state index is 8.51. The van der Waals surface area contributed by atoms with Crippen molar-refractivity contribution in [1.82, 2.24) is 0 Å². The van der Waals surface area contributed by atoms with Crippen molar-refractivity contribution in [2.24, 2.45) is 22.4 Å². The third-order valence-electron chi connectivity index (χ3n) is 3.68. The van der Waals surface area contributed by atoms with Crippen molar-refractivity contribution in [3.05, 3.63) is 23.8 Å². The molecule has 0 aromatic carbocycles. The molecule has 2 nitrogen and oxygen atoms in total. The van der Waals surface area contributed by atoms with Crippen LogP contribution in [0.25, 0.3) is 0 Å². The van der Waals surface area contributed by atoms with E-state index in [1.54, 1.807) is 6.21 Å². The monoisotopic (exact) mass is 177 g/mol. The zero-order chi connectivity index (χ0) is 9.64. The molecule has 2 heteroatoms. The van der Waals surface area contributed by atoms with Gasteiger partial charge in [0.25, 0.3) is 0 Å². The standard InChI is InChI=1S/C11H15NO/c1-7-4-8(6-12-13)10-5-9(7)11(10,2)3/h4,6,9-10,13H,1,5H2,2-3H3/b12-6-/t9?,10-/m0/s1. The Morgan fingerprint density at radius 2 is 2.31 bits per heavy atom. The summed E-state index contributed by atoms with van der Waals surface area (Å²) in [6.45, 7) is 8.56. The fraction of sp³-hybridized carbons (Fsp3) is 0.545. The van der Waals surface area contributed by atoms with Crippen LogP contribution in [-0.4, -0.2) is 11.4 Å². The predicted octanol–water partition coefficient (Wildman–Crippen LogP) is 2.60. The van der Waals surface area contributed by atoms with Gasteiger partial charge in [-0.05, 0) is 29.2 Å². The van der Waals surface area contributed by atoms with Crippen molar-refractivity contribution in [2.45, 2.75) is 20.3 Å². The largest absolute Gasteiger partial charge is 0.411 e. The van der Waals surface area contributed by atoms with Gasteiger partial charge < -0.3 is 5.21 Å². The average molecular weight is 177 g/mol. The van der Waals surface area contributed by atoms with E-state index in [4.69, 9.17) is 5.21 Å². The SMILES string of the molecule is C=C1C=C(/C=N\O)[C@@H]2CC1C2(C)C. The van der Waals surface area contributed by atoms with Gasteiger partial charge >= 0.3 is 0 Å². The lowest BCUT2D eigenvalue weighted by Gasteiger charge is -2.56. The minimum Gasteiger partial charge on any atom is -0.411 e. The molecule has 0 aromatic rings. The Kier molecular flexibility index (Phi) is 1.62. The van der Waals surface area contributed by atoms with Gasteiger partial charge in [0, 0.05) is 0 Å². The van der Waals surface area contributed by atoms with E-state index in [2.05, 4.69) is 31.7 Å². The topological polar surface area (TPSA) is 32.6 Å². The molecule has 13 heavy (non-hydrogen) atoms. The Morgan fingerprint density at radius 3 is 2.77 bits per heavy atom. The second kappa shape index (κ2) is 2.47. The number of nitrogens with zero attached hydrogens (tertiary/aromatic N) is 1. The van der Waals surface area contributed by atoms with Gasteiger partial charge in [0.2, 0.25) is 0 Å². The van der Waals surface area contributed by atoms with E-state index in [1.807, 2.05) is 0 Å². The van der Waals surface area contributed by atoms with Crippen molar-refractivity contribution in [1.29, 1.82) is 0 Å². The fourth-order valence-corrected chi connectivity index (χ4v) is 2.73. The molecule has 1 unspecified atom stereocenters. The first-order valence-corrected chi connectivity index (χ1v) is 4.65. The van der Waals surface area contributed by atoms with E-state index in [0.717, 1.165) is 5.57 Å². The quantitative estimate of drug-likeness (QED) is 0.372. The molecule has 1 N–H and O–H groups in total. The number of allylic oxidation sites excluding steroid dienone is 3. The molecule has 70 valence electrons. The van der Waals surface area contributed by atoms with Gasteiger partial charge in [0.05, 0.1) is 6.21 Å². The predicted molar refractivity (Wildman–Crippen MR) is 52.9 cm³/mol. The van der Waals surface area contributed by atoms with Crippen molar-refractivity contribution < 1.29 is 5.21 Å². The summed E-state index contributed by atoms with van der Waals surface area (Å²) < 4.78 is 0. The maximum Gasteiger partial charge on any atom is 0.0696 e. The molecule has 0 aliphatic heterocycles. The van der Waals surface area contributed by atoms with Crippen molar-refractivity contribution >= 4 is 6.21 Å². The zero-order valence-corrected chi connectivity index (χ0v) is 8.12. The molecule has 2 bridgehead atoms. The Bertz CT molecular complexity index is 312. The molecular formula is C11H15NO. The third-order valence-corrected chi connectivity index (χ3v) is 3.68. The summed E-state index contributed by atoms with van der Waals surface area (Å²) in [5.74, 6) is 1.19. The lowest BCUT2D eigenvalue weighted by atomic mass is 9.48. The summed E-state index contributed by atoms with van der Waals surface area (Å²) in [7, 11) is 0. The number of rotatable bonds is 1. The average Bonchev–Trinajstić information content (AvgIpc) is 2.03. The smallest absolute Gasteiger partial charge is 0.0696 e. The molecule has 1 fully saturated rings. The van der Waals surface area contributed by atoms with Crippen LogP contribution in [0, 0.1) is 17.3 Å². The Labute approximate surface area is 78.6 Å².